The molecule has 3 heterocycles. The second-order valence-electron chi connectivity index (χ2n) is 5.96. The first-order chi connectivity index (χ1) is 10.2. The Kier molecular flexibility index (Phi) is 4.31. The van der Waals surface area contributed by atoms with E-state index in [0.717, 1.165) is 30.3 Å². The minimum Gasteiger partial charge on any atom is -0.312 e. The van der Waals surface area contributed by atoms with Crippen LogP contribution in [-0.4, -0.2) is 46.3 Å². The predicted molar refractivity (Wildman–Crippen MR) is 83.7 cm³/mol. The molecule has 3 rings (SSSR count). The molecule has 0 amide bonds. The van der Waals surface area contributed by atoms with E-state index in [0.29, 0.717) is 0 Å². The molecular weight excluding hydrogens is 262 g/mol. The molecule has 1 atom stereocenters. The molecule has 0 aliphatic carbocycles. The number of hydrogen-bond donors (Lipinski definition) is 1. The molecule has 0 radical (unpaired) electrons. The summed E-state index contributed by atoms with van der Waals surface area (Å²) in [5, 5.41) is 8.18. The summed E-state index contributed by atoms with van der Waals surface area (Å²) in [6.07, 6.45) is 7.03. The quantitative estimate of drug-likeness (QED) is 0.905. The lowest BCUT2D eigenvalue weighted by Crippen LogP contribution is -2.24. The number of nitrogens with one attached hydrogen (secondary N) is 1. The lowest BCUT2D eigenvalue weighted by Gasteiger charge is -2.11. The maximum Gasteiger partial charge on any atom is 0.0969 e. The SMILES string of the molecule is CN1CCC(CNCc2cn(C)nc2-c2ccncc2)C1. The van der Waals surface area contributed by atoms with Gasteiger partial charge in [-0.15, -0.1) is 0 Å². The fourth-order valence-electron chi connectivity index (χ4n) is 3.02. The maximum atomic E-state index is 4.58. The van der Waals surface area contributed by atoms with Crippen LogP contribution < -0.4 is 5.32 Å². The van der Waals surface area contributed by atoms with Crippen molar-refractivity contribution in [1.29, 1.82) is 0 Å². The van der Waals surface area contributed by atoms with Gasteiger partial charge >= 0.3 is 0 Å². The van der Waals surface area contributed by atoms with Crippen molar-refractivity contribution in [3.63, 3.8) is 0 Å². The standard InChI is InChI=1S/C16H23N5/c1-20-8-5-13(11-20)9-18-10-15-12-21(2)19-16(15)14-3-6-17-7-4-14/h3-4,6-7,12-13,18H,5,8-11H2,1-2H3. The molecule has 0 bridgehead atoms. The number of nitrogens with zero attached hydrogens (tertiary/aromatic N) is 4. The summed E-state index contributed by atoms with van der Waals surface area (Å²) in [7, 11) is 4.17. The Hall–Kier alpha value is -1.72. The van der Waals surface area contributed by atoms with E-state index in [9.17, 15) is 0 Å². The molecule has 0 aromatic carbocycles. The summed E-state index contributed by atoms with van der Waals surface area (Å²) in [6, 6.07) is 4.02. The van der Waals surface area contributed by atoms with Crippen molar-refractivity contribution in [2.45, 2.75) is 13.0 Å². The van der Waals surface area contributed by atoms with Gasteiger partial charge in [-0.1, -0.05) is 0 Å². The third-order valence-electron chi connectivity index (χ3n) is 4.10. The van der Waals surface area contributed by atoms with Crippen LogP contribution >= 0.6 is 0 Å². The molecule has 5 heteroatoms. The molecule has 5 nitrogen and oxygen atoms in total. The van der Waals surface area contributed by atoms with Gasteiger partial charge in [-0.25, -0.2) is 0 Å². The highest BCUT2D eigenvalue weighted by Gasteiger charge is 2.19. The molecule has 1 fully saturated rings. The Bertz CT molecular complexity index is 578. The average molecular weight is 285 g/mol. The molecule has 0 saturated carbocycles. The number of pyridine rings is 1. The number of aromatic nitrogens is 3. The van der Waals surface area contributed by atoms with Gasteiger partial charge in [0.05, 0.1) is 5.69 Å². The van der Waals surface area contributed by atoms with Gasteiger partial charge < -0.3 is 10.2 Å². The Balaban J connectivity index is 1.63. The zero-order valence-electron chi connectivity index (χ0n) is 12.8. The largest absolute Gasteiger partial charge is 0.312 e. The van der Waals surface area contributed by atoms with E-state index >= 15 is 0 Å². The third kappa shape index (κ3) is 3.49. The molecule has 2 aromatic rings. The summed E-state index contributed by atoms with van der Waals surface area (Å²) in [5.74, 6) is 0.774. The molecular formula is C16H23N5. The summed E-state index contributed by atoms with van der Waals surface area (Å²) in [5.41, 5.74) is 3.42. The van der Waals surface area contributed by atoms with Crippen molar-refractivity contribution < 1.29 is 0 Å². The monoisotopic (exact) mass is 285 g/mol. The smallest absolute Gasteiger partial charge is 0.0969 e. The van der Waals surface area contributed by atoms with Gasteiger partial charge in [-0.3, -0.25) is 9.67 Å². The second kappa shape index (κ2) is 6.37. The lowest BCUT2D eigenvalue weighted by molar-refractivity contribution is 0.388. The summed E-state index contributed by atoms with van der Waals surface area (Å²) in [6.45, 7) is 4.37. The van der Waals surface area contributed by atoms with Crippen molar-refractivity contribution in [2.75, 3.05) is 26.7 Å². The topological polar surface area (TPSA) is 46.0 Å². The summed E-state index contributed by atoms with van der Waals surface area (Å²) in [4.78, 5) is 6.48. The first kappa shape index (κ1) is 14.2. The molecule has 1 N–H and O–H groups in total. The van der Waals surface area contributed by atoms with E-state index in [1.165, 1.54) is 25.1 Å². The molecule has 21 heavy (non-hydrogen) atoms. The molecule has 1 unspecified atom stereocenters. The van der Waals surface area contributed by atoms with E-state index in [-0.39, 0.29) is 0 Å². The molecule has 0 spiro atoms. The van der Waals surface area contributed by atoms with Crippen LogP contribution in [0.3, 0.4) is 0 Å². The molecule has 2 aromatic heterocycles. The number of likely N-dealkylation sites (tertiary alicyclic amines) is 1. The Morgan fingerprint density at radius 3 is 2.81 bits per heavy atom. The van der Waals surface area contributed by atoms with Crippen LogP contribution in [0.4, 0.5) is 0 Å². The lowest BCUT2D eigenvalue weighted by atomic mass is 10.1. The van der Waals surface area contributed by atoms with Gasteiger partial charge in [0, 0.05) is 49.9 Å². The van der Waals surface area contributed by atoms with E-state index in [1.54, 1.807) is 0 Å². The fourth-order valence-corrected chi connectivity index (χ4v) is 3.02. The summed E-state index contributed by atoms with van der Waals surface area (Å²) >= 11 is 0. The first-order valence-corrected chi connectivity index (χ1v) is 7.54. The van der Waals surface area contributed by atoms with E-state index in [2.05, 4.69) is 33.5 Å². The first-order valence-electron chi connectivity index (χ1n) is 7.54. The Morgan fingerprint density at radius 2 is 2.10 bits per heavy atom. The fraction of sp³-hybridized carbons (Fsp3) is 0.500. The third-order valence-corrected chi connectivity index (χ3v) is 4.10. The van der Waals surface area contributed by atoms with Crippen LogP contribution in [0.1, 0.15) is 12.0 Å². The molecule has 1 aliphatic rings. The van der Waals surface area contributed by atoms with Gasteiger partial charge in [0.1, 0.15) is 0 Å². The highest BCUT2D eigenvalue weighted by atomic mass is 15.3. The Labute approximate surface area is 126 Å². The van der Waals surface area contributed by atoms with E-state index in [1.807, 2.05) is 36.3 Å². The highest BCUT2D eigenvalue weighted by molar-refractivity contribution is 5.61. The predicted octanol–water partition coefficient (Wildman–Crippen LogP) is 1.52. The van der Waals surface area contributed by atoms with Crippen molar-refractivity contribution in [3.8, 4) is 11.3 Å². The Morgan fingerprint density at radius 1 is 1.29 bits per heavy atom. The average Bonchev–Trinajstić information content (AvgIpc) is 3.06. The normalized spacial score (nSPS) is 19.2. The van der Waals surface area contributed by atoms with Crippen LogP contribution in [0.25, 0.3) is 11.3 Å². The maximum absolute atomic E-state index is 4.58. The van der Waals surface area contributed by atoms with Crippen LogP contribution in [0, 0.1) is 5.92 Å². The zero-order chi connectivity index (χ0) is 14.7. The van der Waals surface area contributed by atoms with E-state index < -0.39 is 0 Å². The van der Waals surface area contributed by atoms with Gasteiger partial charge in [-0.05, 0) is 44.6 Å². The molecule has 112 valence electrons. The number of aryl methyl sites for hydroxylation is 1. The van der Waals surface area contributed by atoms with Crippen LogP contribution in [0.15, 0.2) is 30.7 Å². The summed E-state index contributed by atoms with van der Waals surface area (Å²) < 4.78 is 1.89. The minimum absolute atomic E-state index is 0.774. The second-order valence-corrected chi connectivity index (χ2v) is 5.96. The van der Waals surface area contributed by atoms with Gasteiger partial charge in [0.15, 0.2) is 0 Å². The van der Waals surface area contributed by atoms with Crippen molar-refractivity contribution in [3.05, 3.63) is 36.3 Å². The highest BCUT2D eigenvalue weighted by Crippen LogP contribution is 2.21. The number of rotatable bonds is 5. The molecule has 1 saturated heterocycles. The van der Waals surface area contributed by atoms with Crippen molar-refractivity contribution in [2.24, 2.45) is 13.0 Å². The van der Waals surface area contributed by atoms with Gasteiger partial charge in [-0.2, -0.15) is 5.10 Å². The van der Waals surface area contributed by atoms with Gasteiger partial charge in [0.25, 0.3) is 0 Å². The zero-order valence-corrected chi connectivity index (χ0v) is 12.8. The van der Waals surface area contributed by atoms with Crippen molar-refractivity contribution >= 4 is 0 Å². The van der Waals surface area contributed by atoms with Crippen LogP contribution in [0.2, 0.25) is 0 Å². The number of hydrogen-bond acceptors (Lipinski definition) is 4. The van der Waals surface area contributed by atoms with Crippen molar-refractivity contribution in [1.82, 2.24) is 25.0 Å². The minimum atomic E-state index is 0.774. The van der Waals surface area contributed by atoms with Gasteiger partial charge in [0.2, 0.25) is 0 Å². The van der Waals surface area contributed by atoms with Crippen LogP contribution in [-0.2, 0) is 13.6 Å². The molecule has 1 aliphatic heterocycles. The van der Waals surface area contributed by atoms with E-state index in [4.69, 9.17) is 0 Å². The van der Waals surface area contributed by atoms with Crippen LogP contribution in [0.5, 0.6) is 0 Å².